The van der Waals surface area contributed by atoms with Crippen molar-refractivity contribution < 1.29 is 13.3 Å². The van der Waals surface area contributed by atoms with Crippen LogP contribution in [0.2, 0.25) is 0 Å². The van der Waals surface area contributed by atoms with Gasteiger partial charge in [-0.05, 0) is 19.8 Å². The molecule has 2 rings (SSSR count). The van der Waals surface area contributed by atoms with Gasteiger partial charge in [-0.15, -0.1) is 0 Å². The summed E-state index contributed by atoms with van der Waals surface area (Å²) in [7, 11) is -3.42. The summed E-state index contributed by atoms with van der Waals surface area (Å²) in [5.74, 6) is 0. The quantitative estimate of drug-likeness (QED) is 0.611. The first-order valence-electron chi connectivity index (χ1n) is 7.09. The van der Waals surface area contributed by atoms with Gasteiger partial charge in [0.15, 0.2) is 14.8 Å². The molecule has 0 amide bonds. The van der Waals surface area contributed by atoms with Gasteiger partial charge < -0.3 is 4.90 Å². The van der Waals surface area contributed by atoms with Crippen LogP contribution in [0.1, 0.15) is 39.0 Å². The van der Waals surface area contributed by atoms with Crippen molar-refractivity contribution >= 4 is 31.9 Å². The fraction of sp³-hybridized carbons (Fsp3) is 0.692. The largest absolute Gasteiger partial charge is 0.355 e. The molecule has 0 aliphatic heterocycles. The van der Waals surface area contributed by atoms with Gasteiger partial charge in [0.25, 0.3) is 0 Å². The van der Waals surface area contributed by atoms with E-state index >= 15 is 0 Å². The number of rotatable bonds is 5. The molecule has 0 unspecified atom stereocenters. The molecule has 1 heterocycles. The summed E-state index contributed by atoms with van der Waals surface area (Å²) in [6, 6.07) is 1.47. The standard InChI is InChI=1S/C13H20N2O4S2/c1-3-14(10-7-5-4-6-8-10)13-11(15(16)17)9-12(20-13)21(2,18)19/h9-10H,3-8H2,1-2H3. The van der Waals surface area contributed by atoms with E-state index in [9.17, 15) is 18.5 Å². The molecule has 0 saturated heterocycles. The Labute approximate surface area is 128 Å². The Kier molecular flexibility index (Phi) is 4.88. The molecule has 1 fully saturated rings. The highest BCUT2D eigenvalue weighted by Gasteiger charge is 2.30. The zero-order chi connectivity index (χ0) is 15.6. The third kappa shape index (κ3) is 3.55. The zero-order valence-electron chi connectivity index (χ0n) is 12.2. The van der Waals surface area contributed by atoms with E-state index in [1.165, 1.54) is 12.5 Å². The van der Waals surface area contributed by atoms with Gasteiger partial charge in [0.1, 0.15) is 4.21 Å². The summed E-state index contributed by atoms with van der Waals surface area (Å²) in [5, 5.41) is 11.7. The molecule has 1 aliphatic rings. The molecule has 6 nitrogen and oxygen atoms in total. The second kappa shape index (κ2) is 6.31. The Balaban J connectivity index is 2.44. The van der Waals surface area contributed by atoms with Gasteiger partial charge in [-0.25, -0.2) is 8.42 Å². The molecule has 0 N–H and O–H groups in total. The molecule has 0 bridgehead atoms. The lowest BCUT2D eigenvalue weighted by Crippen LogP contribution is -2.36. The summed E-state index contributed by atoms with van der Waals surface area (Å²) in [5.41, 5.74) is -0.0900. The normalized spacial score (nSPS) is 16.9. The highest BCUT2D eigenvalue weighted by molar-refractivity contribution is 7.92. The number of hydrogen-bond acceptors (Lipinski definition) is 6. The predicted octanol–water partition coefficient (Wildman–Crippen LogP) is 3.22. The van der Waals surface area contributed by atoms with Crippen LogP contribution in [-0.4, -0.2) is 32.2 Å². The molecule has 1 aliphatic carbocycles. The van der Waals surface area contributed by atoms with Crippen molar-refractivity contribution in [3.8, 4) is 0 Å². The molecule has 21 heavy (non-hydrogen) atoms. The third-order valence-corrected chi connectivity index (χ3v) is 6.81. The fourth-order valence-corrected chi connectivity index (χ4v) is 4.99. The first-order chi connectivity index (χ1) is 9.84. The smallest absolute Gasteiger partial charge is 0.305 e. The van der Waals surface area contributed by atoms with Crippen molar-refractivity contribution in [1.29, 1.82) is 0 Å². The average Bonchev–Trinajstić information content (AvgIpc) is 2.86. The van der Waals surface area contributed by atoms with Crippen LogP contribution in [0.25, 0.3) is 0 Å². The average molecular weight is 332 g/mol. The van der Waals surface area contributed by atoms with Crippen molar-refractivity contribution in [2.24, 2.45) is 0 Å². The number of nitrogens with zero attached hydrogens (tertiary/aromatic N) is 2. The topological polar surface area (TPSA) is 80.5 Å². The van der Waals surface area contributed by atoms with Crippen LogP contribution in [-0.2, 0) is 9.84 Å². The predicted molar refractivity (Wildman–Crippen MR) is 84.0 cm³/mol. The van der Waals surface area contributed by atoms with Crippen molar-refractivity contribution in [3.63, 3.8) is 0 Å². The van der Waals surface area contributed by atoms with Crippen LogP contribution in [0.4, 0.5) is 10.7 Å². The van der Waals surface area contributed by atoms with Gasteiger partial charge in [-0.1, -0.05) is 30.6 Å². The monoisotopic (exact) mass is 332 g/mol. The Morgan fingerprint density at radius 2 is 2.00 bits per heavy atom. The SMILES string of the molecule is CCN(c1sc(S(C)(=O)=O)cc1[N+](=O)[O-])C1CCCCC1. The van der Waals surface area contributed by atoms with Gasteiger partial charge in [-0.2, -0.15) is 0 Å². The second-order valence-electron chi connectivity index (χ2n) is 5.36. The van der Waals surface area contributed by atoms with E-state index in [4.69, 9.17) is 0 Å². The van der Waals surface area contributed by atoms with E-state index in [1.807, 2.05) is 11.8 Å². The van der Waals surface area contributed by atoms with Crippen LogP contribution >= 0.6 is 11.3 Å². The Morgan fingerprint density at radius 1 is 1.38 bits per heavy atom. The van der Waals surface area contributed by atoms with E-state index in [1.54, 1.807) is 0 Å². The second-order valence-corrected chi connectivity index (χ2v) is 8.64. The summed E-state index contributed by atoms with van der Waals surface area (Å²) in [4.78, 5) is 12.8. The molecular formula is C13H20N2O4S2. The highest BCUT2D eigenvalue weighted by Crippen LogP contribution is 2.42. The number of nitro groups is 1. The van der Waals surface area contributed by atoms with E-state index < -0.39 is 14.8 Å². The minimum absolute atomic E-state index is 0.0680. The lowest BCUT2D eigenvalue weighted by Gasteiger charge is -2.33. The maximum absolute atomic E-state index is 11.7. The van der Waals surface area contributed by atoms with Gasteiger partial charge in [0, 0.05) is 24.9 Å². The lowest BCUT2D eigenvalue weighted by molar-refractivity contribution is -0.383. The van der Waals surface area contributed by atoms with E-state index in [-0.39, 0.29) is 15.9 Å². The van der Waals surface area contributed by atoms with Gasteiger partial charge >= 0.3 is 5.69 Å². The van der Waals surface area contributed by atoms with Gasteiger partial charge in [-0.3, -0.25) is 10.1 Å². The maximum atomic E-state index is 11.7. The molecular weight excluding hydrogens is 312 g/mol. The Hall–Kier alpha value is -1.15. The van der Waals surface area contributed by atoms with E-state index in [0.29, 0.717) is 11.5 Å². The highest BCUT2D eigenvalue weighted by atomic mass is 32.2. The number of sulfone groups is 1. The van der Waals surface area contributed by atoms with Crippen molar-refractivity contribution in [2.45, 2.75) is 49.3 Å². The Bertz CT molecular complexity index is 618. The number of hydrogen-bond donors (Lipinski definition) is 0. The van der Waals surface area contributed by atoms with Crippen LogP contribution in [0.15, 0.2) is 10.3 Å². The van der Waals surface area contributed by atoms with Crippen molar-refractivity contribution in [2.75, 3.05) is 17.7 Å². The molecule has 1 aromatic rings. The van der Waals surface area contributed by atoms with E-state index in [0.717, 1.165) is 43.3 Å². The van der Waals surface area contributed by atoms with Crippen LogP contribution < -0.4 is 4.90 Å². The van der Waals surface area contributed by atoms with Crippen molar-refractivity contribution in [3.05, 3.63) is 16.2 Å². The lowest BCUT2D eigenvalue weighted by atomic mass is 9.94. The van der Waals surface area contributed by atoms with Crippen LogP contribution in [0, 0.1) is 10.1 Å². The molecule has 1 aromatic heterocycles. The molecule has 0 radical (unpaired) electrons. The summed E-state index contributed by atoms with van der Waals surface area (Å²) in [6.45, 7) is 2.60. The van der Waals surface area contributed by atoms with Gasteiger partial charge in [0.2, 0.25) is 0 Å². The summed E-state index contributed by atoms with van der Waals surface area (Å²) >= 11 is 1.02. The minimum atomic E-state index is -3.42. The number of anilines is 1. The molecule has 0 spiro atoms. The zero-order valence-corrected chi connectivity index (χ0v) is 13.9. The van der Waals surface area contributed by atoms with E-state index in [2.05, 4.69) is 0 Å². The Morgan fingerprint density at radius 3 is 2.48 bits per heavy atom. The molecule has 1 saturated carbocycles. The minimum Gasteiger partial charge on any atom is -0.355 e. The van der Waals surface area contributed by atoms with Crippen LogP contribution in [0.3, 0.4) is 0 Å². The fourth-order valence-electron chi connectivity index (χ4n) is 2.83. The number of thiophene rings is 1. The van der Waals surface area contributed by atoms with Gasteiger partial charge in [0.05, 0.1) is 4.92 Å². The molecule has 118 valence electrons. The first kappa shape index (κ1) is 16.2. The third-order valence-electron chi connectivity index (χ3n) is 3.85. The molecule has 8 heteroatoms. The molecule has 0 atom stereocenters. The first-order valence-corrected chi connectivity index (χ1v) is 9.80. The summed E-state index contributed by atoms with van der Waals surface area (Å²) < 4.78 is 23.4. The van der Waals surface area contributed by atoms with Crippen molar-refractivity contribution in [1.82, 2.24) is 0 Å². The molecule has 0 aromatic carbocycles. The van der Waals surface area contributed by atoms with Crippen LogP contribution in [0.5, 0.6) is 0 Å². The maximum Gasteiger partial charge on any atom is 0.305 e. The summed E-state index contributed by atoms with van der Waals surface area (Å²) in [6.07, 6.45) is 6.56.